The number of nitrogens with zero attached hydrogens (tertiary/aromatic N) is 2. The SMILES string of the molecule is COCCCN1CCOc2ccc(CO[C@H]3CN(S(=O)(=O)c4ccc(C)cc4)[C@@H](CNC(=O)O)C[C@@H]3c3ccc(COCCOC)cc3)cc21. The van der Waals surface area contributed by atoms with Crippen molar-refractivity contribution in [1.82, 2.24) is 9.62 Å². The lowest BCUT2D eigenvalue weighted by Gasteiger charge is -2.43. The number of ether oxygens (including phenoxy) is 5. The summed E-state index contributed by atoms with van der Waals surface area (Å²) in [5.41, 5.74) is 4.85. The third-order valence-corrected chi connectivity index (χ3v) is 11.1. The normalized spacial score (nSPS) is 19.5. The Kier molecular flexibility index (Phi) is 13.5. The summed E-state index contributed by atoms with van der Waals surface area (Å²) in [5, 5.41) is 11.9. The number of hydrogen-bond donors (Lipinski definition) is 2. The summed E-state index contributed by atoms with van der Waals surface area (Å²) in [4.78, 5) is 14.0. The lowest BCUT2D eigenvalue weighted by molar-refractivity contribution is -0.0194. The van der Waals surface area contributed by atoms with E-state index in [1.54, 1.807) is 38.5 Å². The van der Waals surface area contributed by atoms with E-state index in [0.29, 0.717) is 39.5 Å². The molecule has 272 valence electrons. The van der Waals surface area contributed by atoms with Gasteiger partial charge in [-0.05, 0) is 60.7 Å². The van der Waals surface area contributed by atoms with Gasteiger partial charge in [0.2, 0.25) is 10.0 Å². The molecule has 3 atom stereocenters. The number of benzene rings is 3. The number of methoxy groups -OCH3 is 2. The summed E-state index contributed by atoms with van der Waals surface area (Å²) in [7, 11) is -0.657. The van der Waals surface area contributed by atoms with Crippen molar-refractivity contribution in [2.45, 2.75) is 55.9 Å². The minimum Gasteiger partial charge on any atom is -0.490 e. The first-order valence-corrected chi connectivity index (χ1v) is 18.5. The number of aryl methyl sites for hydroxylation is 1. The number of rotatable bonds is 17. The molecule has 1 saturated heterocycles. The second-order valence-corrected chi connectivity index (χ2v) is 14.6. The van der Waals surface area contributed by atoms with Crippen molar-refractivity contribution in [1.29, 1.82) is 0 Å². The summed E-state index contributed by atoms with van der Waals surface area (Å²) in [6, 6.07) is 20.1. The molecule has 12 nitrogen and oxygen atoms in total. The van der Waals surface area contributed by atoms with E-state index in [-0.39, 0.29) is 30.5 Å². The van der Waals surface area contributed by atoms with Crippen LogP contribution in [0.2, 0.25) is 0 Å². The highest BCUT2D eigenvalue weighted by atomic mass is 32.2. The maximum absolute atomic E-state index is 14.2. The molecule has 13 heteroatoms. The molecule has 0 saturated carbocycles. The average Bonchev–Trinajstić information content (AvgIpc) is 3.12. The van der Waals surface area contributed by atoms with Crippen molar-refractivity contribution < 1.29 is 42.0 Å². The zero-order chi connectivity index (χ0) is 35.5. The van der Waals surface area contributed by atoms with Gasteiger partial charge in [-0.1, -0.05) is 48.0 Å². The van der Waals surface area contributed by atoms with Crippen molar-refractivity contribution >= 4 is 21.8 Å². The van der Waals surface area contributed by atoms with Gasteiger partial charge in [-0.2, -0.15) is 4.31 Å². The molecule has 3 aromatic carbocycles. The van der Waals surface area contributed by atoms with Crippen molar-refractivity contribution in [3.05, 3.63) is 89.0 Å². The molecule has 1 fully saturated rings. The van der Waals surface area contributed by atoms with Gasteiger partial charge in [0, 0.05) is 52.4 Å². The zero-order valence-corrected chi connectivity index (χ0v) is 29.9. The molecule has 2 N–H and O–H groups in total. The number of carbonyl (C=O) groups is 1. The number of piperidine rings is 1. The van der Waals surface area contributed by atoms with Crippen LogP contribution in [-0.2, 0) is 42.2 Å². The number of carboxylic acid groups (broad SMARTS) is 1. The standard InChI is InChI=1S/C37H49N3O9S/c1-27-5-12-32(13-6-27)50(43,44)40-24-36(49-26-29-9-14-35-34(21-29)39(16-18-48-35)15-4-17-45-2)33(22-31(40)23-38-37(41)42)30-10-7-28(8-11-30)25-47-20-19-46-3/h5-14,21,31,33,36,38H,4,15-20,22-26H2,1-3H3,(H,41,42)/t31-,33-,36+/m1/s1. The van der Waals surface area contributed by atoms with E-state index in [4.69, 9.17) is 23.7 Å². The van der Waals surface area contributed by atoms with E-state index in [9.17, 15) is 18.3 Å². The summed E-state index contributed by atoms with van der Waals surface area (Å²) in [5.74, 6) is 0.610. The van der Waals surface area contributed by atoms with E-state index in [0.717, 1.165) is 53.2 Å². The van der Waals surface area contributed by atoms with Crippen molar-refractivity contribution in [3.8, 4) is 5.75 Å². The third kappa shape index (κ3) is 9.74. The van der Waals surface area contributed by atoms with Crippen LogP contribution < -0.4 is 15.0 Å². The van der Waals surface area contributed by atoms with Crippen molar-refractivity contribution in [2.75, 3.05) is 71.7 Å². The molecule has 0 unspecified atom stereocenters. The van der Waals surface area contributed by atoms with Gasteiger partial charge in [0.1, 0.15) is 12.4 Å². The van der Waals surface area contributed by atoms with Gasteiger partial charge in [0.05, 0.1) is 49.7 Å². The summed E-state index contributed by atoms with van der Waals surface area (Å²) in [6.07, 6.45) is -0.490. The predicted octanol–water partition coefficient (Wildman–Crippen LogP) is 4.79. The first-order chi connectivity index (χ1) is 24.2. The largest absolute Gasteiger partial charge is 0.490 e. The number of nitrogens with one attached hydrogen (secondary N) is 1. The molecule has 2 aliphatic heterocycles. The molecule has 0 radical (unpaired) electrons. The highest BCUT2D eigenvalue weighted by molar-refractivity contribution is 7.89. The fourth-order valence-corrected chi connectivity index (χ4v) is 8.15. The third-order valence-electron chi connectivity index (χ3n) is 9.19. The van der Waals surface area contributed by atoms with Gasteiger partial charge < -0.3 is 39.0 Å². The van der Waals surface area contributed by atoms with E-state index in [1.165, 1.54) is 4.31 Å². The summed E-state index contributed by atoms with van der Waals surface area (Å²) >= 11 is 0. The fraction of sp³-hybridized carbons (Fsp3) is 0.486. The van der Waals surface area contributed by atoms with Crippen LogP contribution in [0.3, 0.4) is 0 Å². The Morgan fingerprint density at radius 3 is 2.42 bits per heavy atom. The van der Waals surface area contributed by atoms with Crippen LogP contribution in [0, 0.1) is 6.92 Å². The lowest BCUT2D eigenvalue weighted by atomic mass is 9.83. The smallest absolute Gasteiger partial charge is 0.404 e. The Morgan fingerprint density at radius 1 is 0.960 bits per heavy atom. The van der Waals surface area contributed by atoms with Gasteiger partial charge in [0.15, 0.2) is 0 Å². The Hall–Kier alpha value is -3.72. The highest BCUT2D eigenvalue weighted by Gasteiger charge is 2.43. The Bertz CT molecular complexity index is 1640. The van der Waals surface area contributed by atoms with Crippen LogP contribution in [0.5, 0.6) is 5.75 Å². The molecule has 50 heavy (non-hydrogen) atoms. The first-order valence-electron chi connectivity index (χ1n) is 17.0. The number of amides is 1. The molecular formula is C37H49N3O9S. The number of anilines is 1. The topological polar surface area (TPSA) is 136 Å². The monoisotopic (exact) mass is 711 g/mol. The molecule has 1 amide bonds. The lowest BCUT2D eigenvalue weighted by Crippen LogP contribution is -2.55. The van der Waals surface area contributed by atoms with E-state index >= 15 is 0 Å². The highest BCUT2D eigenvalue weighted by Crippen LogP contribution is 2.38. The zero-order valence-electron chi connectivity index (χ0n) is 29.1. The molecule has 2 aliphatic rings. The second-order valence-electron chi connectivity index (χ2n) is 12.7. The number of hydrogen-bond acceptors (Lipinski definition) is 9. The van der Waals surface area contributed by atoms with Gasteiger partial charge in [-0.3, -0.25) is 0 Å². The quantitative estimate of drug-likeness (QED) is 0.188. The van der Waals surface area contributed by atoms with Crippen LogP contribution in [0.15, 0.2) is 71.6 Å². The van der Waals surface area contributed by atoms with Gasteiger partial charge >= 0.3 is 6.09 Å². The van der Waals surface area contributed by atoms with E-state index in [2.05, 4.69) is 16.3 Å². The molecule has 3 aromatic rings. The van der Waals surface area contributed by atoms with Gasteiger partial charge in [-0.15, -0.1) is 0 Å². The maximum atomic E-state index is 14.2. The molecule has 0 aliphatic carbocycles. The second kappa shape index (κ2) is 18.0. The Morgan fingerprint density at radius 2 is 1.70 bits per heavy atom. The molecular weight excluding hydrogens is 662 g/mol. The van der Waals surface area contributed by atoms with Crippen LogP contribution in [-0.4, -0.2) is 103 Å². The van der Waals surface area contributed by atoms with Crippen LogP contribution >= 0.6 is 0 Å². The van der Waals surface area contributed by atoms with Crippen molar-refractivity contribution in [3.63, 3.8) is 0 Å². The minimum atomic E-state index is -3.99. The van der Waals surface area contributed by atoms with E-state index in [1.807, 2.05) is 43.3 Å². The molecule has 0 aromatic heterocycles. The Balaban J connectivity index is 1.42. The molecule has 2 heterocycles. The number of fused-ring (bicyclic) bond motifs is 1. The molecule has 0 bridgehead atoms. The summed E-state index contributed by atoms with van der Waals surface area (Å²) < 4.78 is 58.4. The van der Waals surface area contributed by atoms with Gasteiger partial charge in [0.25, 0.3) is 0 Å². The average molecular weight is 712 g/mol. The predicted molar refractivity (Wildman–Crippen MR) is 189 cm³/mol. The van der Waals surface area contributed by atoms with Crippen LogP contribution in [0.1, 0.15) is 41.0 Å². The van der Waals surface area contributed by atoms with Gasteiger partial charge in [-0.25, -0.2) is 13.2 Å². The number of sulfonamides is 1. The first kappa shape index (κ1) is 37.5. The Labute approximate surface area is 295 Å². The maximum Gasteiger partial charge on any atom is 0.404 e. The van der Waals surface area contributed by atoms with Crippen LogP contribution in [0.4, 0.5) is 10.5 Å². The minimum absolute atomic E-state index is 0.0475. The molecule has 5 rings (SSSR count). The van der Waals surface area contributed by atoms with E-state index < -0.39 is 28.3 Å². The molecule has 0 spiro atoms. The van der Waals surface area contributed by atoms with Crippen molar-refractivity contribution in [2.24, 2.45) is 0 Å². The fourth-order valence-electron chi connectivity index (χ4n) is 6.50. The van der Waals surface area contributed by atoms with Crippen LogP contribution in [0.25, 0.3) is 0 Å². The summed E-state index contributed by atoms with van der Waals surface area (Å²) in [6.45, 7) is 6.47.